The first-order valence-corrected chi connectivity index (χ1v) is 7.95. The number of anilines is 1. The van der Waals surface area contributed by atoms with Crippen LogP contribution in [0.25, 0.3) is 0 Å². The van der Waals surface area contributed by atoms with Gasteiger partial charge in [-0.15, -0.1) is 11.3 Å². The predicted octanol–water partition coefficient (Wildman–Crippen LogP) is 4.62. The fraction of sp³-hybridized carbons (Fsp3) is 0.333. The van der Waals surface area contributed by atoms with Crippen LogP contribution in [0.3, 0.4) is 0 Å². The molecule has 0 spiro atoms. The maximum absolute atomic E-state index is 11.2. The van der Waals surface area contributed by atoms with Crippen molar-refractivity contribution in [3.63, 3.8) is 0 Å². The maximum Gasteiger partial charge on any atom is 0.335 e. The highest BCUT2D eigenvalue weighted by molar-refractivity contribution is 7.16. The number of aromatic nitrogens is 1. The minimum absolute atomic E-state index is 0.0218. The first-order chi connectivity index (χ1) is 9.99. The lowest BCUT2D eigenvalue weighted by atomic mass is 10.1. The summed E-state index contributed by atoms with van der Waals surface area (Å²) in [6.45, 7) is 4.04. The van der Waals surface area contributed by atoms with Crippen LogP contribution in [0.1, 0.15) is 47.2 Å². The lowest BCUT2D eigenvalue weighted by molar-refractivity contribution is 0.0696. The third kappa shape index (κ3) is 4.19. The van der Waals surface area contributed by atoms with Crippen LogP contribution in [0.5, 0.6) is 0 Å². The quantitative estimate of drug-likeness (QED) is 0.813. The van der Waals surface area contributed by atoms with Gasteiger partial charge in [-0.25, -0.2) is 9.78 Å². The number of hydrogen-bond donors (Lipinski definition) is 2. The number of pyridine rings is 1. The monoisotopic (exact) mass is 324 g/mol. The zero-order chi connectivity index (χ0) is 15.4. The molecule has 0 aliphatic rings. The molecule has 0 radical (unpaired) electrons. The maximum atomic E-state index is 11.2. The molecule has 0 saturated carbocycles. The van der Waals surface area contributed by atoms with E-state index in [0.29, 0.717) is 5.82 Å². The van der Waals surface area contributed by atoms with Crippen molar-refractivity contribution in [2.45, 2.75) is 32.7 Å². The van der Waals surface area contributed by atoms with E-state index in [-0.39, 0.29) is 11.6 Å². The molecule has 1 unspecified atom stereocenters. The third-order valence-corrected chi connectivity index (χ3v) is 4.43. The number of rotatable bonds is 6. The fourth-order valence-corrected chi connectivity index (χ4v) is 3.09. The predicted molar refractivity (Wildman–Crippen MR) is 86.6 cm³/mol. The Morgan fingerprint density at radius 2 is 2.24 bits per heavy atom. The molecule has 2 rings (SSSR count). The van der Waals surface area contributed by atoms with Gasteiger partial charge in [0, 0.05) is 10.6 Å². The van der Waals surface area contributed by atoms with E-state index in [4.69, 9.17) is 11.6 Å². The summed E-state index contributed by atoms with van der Waals surface area (Å²) in [7, 11) is 0. The second kappa shape index (κ2) is 6.91. The zero-order valence-corrected chi connectivity index (χ0v) is 13.5. The van der Waals surface area contributed by atoms with Crippen LogP contribution in [-0.4, -0.2) is 16.1 Å². The average molecular weight is 325 g/mol. The molecule has 4 nitrogen and oxygen atoms in total. The number of hydrogen-bond acceptors (Lipinski definition) is 4. The largest absolute Gasteiger partial charge is 0.478 e. The normalized spacial score (nSPS) is 12.1. The van der Waals surface area contributed by atoms with E-state index in [1.807, 2.05) is 26.0 Å². The van der Waals surface area contributed by atoms with Gasteiger partial charge in [0.2, 0.25) is 0 Å². The highest BCUT2D eigenvalue weighted by atomic mass is 35.5. The van der Waals surface area contributed by atoms with E-state index in [1.165, 1.54) is 11.3 Å². The molecular weight excluding hydrogens is 308 g/mol. The van der Waals surface area contributed by atoms with Crippen molar-refractivity contribution in [2.75, 3.05) is 5.32 Å². The molecule has 21 heavy (non-hydrogen) atoms. The third-order valence-electron chi connectivity index (χ3n) is 3.02. The first kappa shape index (κ1) is 15.8. The average Bonchev–Trinajstić information content (AvgIpc) is 2.85. The van der Waals surface area contributed by atoms with E-state index in [1.54, 1.807) is 12.1 Å². The number of nitrogens with one attached hydrogen (secondary N) is 1. The summed E-state index contributed by atoms with van der Waals surface area (Å²) in [5, 5.41) is 12.4. The number of carboxylic acid groups (broad SMARTS) is 1. The summed E-state index contributed by atoms with van der Waals surface area (Å²) < 4.78 is 0.734. The standard InChI is InChI=1S/C15H17ClN2O2S/c1-3-4-11-7-10(15(19)20)8-14(18-11)17-9(2)12-5-6-13(16)21-12/h5-9H,3-4H2,1-2H3,(H,17,18)(H,19,20). The van der Waals surface area contributed by atoms with Crippen molar-refractivity contribution in [3.05, 3.63) is 44.7 Å². The van der Waals surface area contributed by atoms with E-state index < -0.39 is 5.97 Å². The number of carbonyl (C=O) groups is 1. The van der Waals surface area contributed by atoms with Gasteiger partial charge in [-0.3, -0.25) is 0 Å². The number of halogens is 1. The topological polar surface area (TPSA) is 62.2 Å². The molecule has 0 aliphatic carbocycles. The van der Waals surface area contributed by atoms with Gasteiger partial charge < -0.3 is 10.4 Å². The van der Waals surface area contributed by atoms with Crippen LogP contribution in [-0.2, 0) is 6.42 Å². The SMILES string of the molecule is CCCc1cc(C(=O)O)cc(NC(C)c2ccc(Cl)s2)n1. The lowest BCUT2D eigenvalue weighted by Gasteiger charge is -2.14. The summed E-state index contributed by atoms with van der Waals surface area (Å²) >= 11 is 7.44. The van der Waals surface area contributed by atoms with Crippen molar-refractivity contribution < 1.29 is 9.90 Å². The molecule has 0 fully saturated rings. The van der Waals surface area contributed by atoms with Crippen LogP contribution in [0.15, 0.2) is 24.3 Å². The number of aromatic carboxylic acids is 1. The summed E-state index contributed by atoms with van der Waals surface area (Å²) in [5.74, 6) is -0.361. The van der Waals surface area contributed by atoms with Crippen molar-refractivity contribution in [3.8, 4) is 0 Å². The smallest absolute Gasteiger partial charge is 0.335 e. The molecule has 6 heteroatoms. The van der Waals surface area contributed by atoms with E-state index in [0.717, 1.165) is 27.7 Å². The van der Waals surface area contributed by atoms with Crippen molar-refractivity contribution in [1.82, 2.24) is 4.98 Å². The van der Waals surface area contributed by atoms with Gasteiger partial charge in [0.1, 0.15) is 5.82 Å². The van der Waals surface area contributed by atoms with Crippen LogP contribution in [0, 0.1) is 0 Å². The van der Waals surface area contributed by atoms with E-state index in [2.05, 4.69) is 10.3 Å². The number of thiophene rings is 1. The van der Waals surface area contributed by atoms with E-state index >= 15 is 0 Å². The number of aryl methyl sites for hydroxylation is 1. The molecular formula is C15H17ClN2O2S. The second-order valence-corrected chi connectivity index (χ2v) is 6.54. The van der Waals surface area contributed by atoms with Gasteiger partial charge in [0.25, 0.3) is 0 Å². The molecule has 2 aromatic rings. The van der Waals surface area contributed by atoms with Gasteiger partial charge in [-0.2, -0.15) is 0 Å². The Hall–Kier alpha value is -1.59. The second-order valence-electron chi connectivity index (χ2n) is 4.80. The zero-order valence-electron chi connectivity index (χ0n) is 11.9. The highest BCUT2D eigenvalue weighted by Crippen LogP contribution is 2.28. The van der Waals surface area contributed by atoms with Crippen LogP contribution in [0.2, 0.25) is 4.34 Å². The first-order valence-electron chi connectivity index (χ1n) is 6.75. The molecule has 1 atom stereocenters. The summed E-state index contributed by atoms with van der Waals surface area (Å²) in [4.78, 5) is 16.8. The highest BCUT2D eigenvalue weighted by Gasteiger charge is 2.12. The molecule has 112 valence electrons. The lowest BCUT2D eigenvalue weighted by Crippen LogP contribution is -2.09. The Morgan fingerprint density at radius 3 is 2.81 bits per heavy atom. The van der Waals surface area contributed by atoms with Gasteiger partial charge in [-0.05, 0) is 37.6 Å². The van der Waals surface area contributed by atoms with Crippen molar-refractivity contribution >= 4 is 34.7 Å². The van der Waals surface area contributed by atoms with Gasteiger partial charge in [-0.1, -0.05) is 24.9 Å². The van der Waals surface area contributed by atoms with Crippen LogP contribution >= 0.6 is 22.9 Å². The minimum Gasteiger partial charge on any atom is -0.478 e. The Balaban J connectivity index is 2.23. The molecule has 0 saturated heterocycles. The Kier molecular flexibility index (Phi) is 5.20. The van der Waals surface area contributed by atoms with Crippen LogP contribution < -0.4 is 5.32 Å². The molecule has 0 bridgehead atoms. The summed E-state index contributed by atoms with van der Waals surface area (Å²) in [6, 6.07) is 7.02. The Labute approximate surface area is 132 Å². The molecule has 2 heterocycles. The number of carboxylic acids is 1. The molecule has 0 aliphatic heterocycles. The van der Waals surface area contributed by atoms with E-state index in [9.17, 15) is 9.90 Å². The van der Waals surface area contributed by atoms with Gasteiger partial charge in [0.15, 0.2) is 0 Å². The summed E-state index contributed by atoms with van der Waals surface area (Å²) in [6.07, 6.45) is 1.68. The minimum atomic E-state index is -0.940. The van der Waals surface area contributed by atoms with Gasteiger partial charge >= 0.3 is 5.97 Å². The Bertz CT molecular complexity index is 642. The van der Waals surface area contributed by atoms with Crippen molar-refractivity contribution in [2.24, 2.45) is 0 Å². The fourth-order valence-electron chi connectivity index (χ4n) is 2.02. The molecule has 0 amide bonds. The molecule has 2 N–H and O–H groups in total. The summed E-state index contributed by atoms with van der Waals surface area (Å²) in [5.41, 5.74) is 1.05. The molecule has 2 aromatic heterocycles. The Morgan fingerprint density at radius 1 is 1.48 bits per heavy atom. The van der Waals surface area contributed by atoms with Crippen molar-refractivity contribution in [1.29, 1.82) is 0 Å². The van der Waals surface area contributed by atoms with Crippen LogP contribution in [0.4, 0.5) is 5.82 Å². The number of nitrogens with zero attached hydrogens (tertiary/aromatic N) is 1. The molecule has 0 aromatic carbocycles. The van der Waals surface area contributed by atoms with Gasteiger partial charge in [0.05, 0.1) is 15.9 Å².